The number of ether oxygens (including phenoxy) is 1. The highest BCUT2D eigenvalue weighted by atomic mass is 19.1. The smallest absolute Gasteiger partial charge is 0.257 e. The second-order valence-electron chi connectivity index (χ2n) is 9.99. The van der Waals surface area contributed by atoms with Gasteiger partial charge in [-0.1, -0.05) is 25.1 Å². The maximum atomic E-state index is 15.7. The first-order valence-electron chi connectivity index (χ1n) is 13.0. The summed E-state index contributed by atoms with van der Waals surface area (Å²) in [4.78, 5) is 34.5. The monoisotopic (exact) mass is 527 g/mol. The van der Waals surface area contributed by atoms with Crippen LogP contribution in [0.5, 0.6) is 0 Å². The number of nitrogens with one attached hydrogen (secondary N) is 1. The molecule has 2 amide bonds. The minimum atomic E-state index is -1.54. The van der Waals surface area contributed by atoms with E-state index in [9.17, 15) is 9.59 Å². The maximum Gasteiger partial charge on any atom is 0.257 e. The van der Waals surface area contributed by atoms with E-state index in [0.29, 0.717) is 47.8 Å². The molecule has 3 aromatic rings. The topological polar surface area (TPSA) is 98.6 Å². The molecule has 2 aliphatic rings. The van der Waals surface area contributed by atoms with E-state index in [-0.39, 0.29) is 37.7 Å². The van der Waals surface area contributed by atoms with Crippen LogP contribution in [0.15, 0.2) is 54.7 Å². The number of alkyl halides is 1. The van der Waals surface area contributed by atoms with E-state index in [0.717, 1.165) is 16.9 Å². The van der Waals surface area contributed by atoms with Crippen LogP contribution >= 0.6 is 0 Å². The fourth-order valence-electron chi connectivity index (χ4n) is 4.99. The second-order valence-corrected chi connectivity index (χ2v) is 9.99. The number of carbonyl (C=O) groups excluding carboxylic acids is 2. The van der Waals surface area contributed by atoms with Crippen molar-refractivity contribution in [2.45, 2.75) is 38.8 Å². The van der Waals surface area contributed by atoms with Crippen molar-refractivity contribution in [3.05, 3.63) is 88.1 Å². The van der Waals surface area contributed by atoms with Crippen molar-refractivity contribution in [2.24, 2.45) is 0 Å². The molecule has 2 aromatic carbocycles. The van der Waals surface area contributed by atoms with Crippen molar-refractivity contribution in [1.29, 1.82) is 5.26 Å². The molecule has 8 nitrogen and oxygen atoms in total. The second kappa shape index (κ2) is 10.8. The van der Waals surface area contributed by atoms with Crippen LogP contribution in [-0.4, -0.2) is 48.2 Å². The standard InChI is InChI=1S/C30H30FN5O3/c1-3-22-14-20(2)25(15-26(22)34-28(37)23-6-9-27(33-17-23)36-18-39-19-36)29(38)35-12-10-30(31,11-13-35)24-7-4-21(16-32)5-8-24/h4-9,14-15,17H,3,10-13,18-19H2,1-2H3,(H,34,37). The fourth-order valence-corrected chi connectivity index (χ4v) is 4.99. The number of carbonyl (C=O) groups is 2. The number of amides is 2. The molecular formula is C30H30FN5O3. The fraction of sp³-hybridized carbons (Fsp3) is 0.333. The highest BCUT2D eigenvalue weighted by Gasteiger charge is 2.38. The number of piperidine rings is 1. The molecule has 5 rings (SSSR count). The molecule has 0 bridgehead atoms. The summed E-state index contributed by atoms with van der Waals surface area (Å²) < 4.78 is 20.9. The Kier molecular flexibility index (Phi) is 7.31. The average molecular weight is 528 g/mol. The molecule has 3 heterocycles. The molecule has 0 unspecified atom stereocenters. The summed E-state index contributed by atoms with van der Waals surface area (Å²) in [6.45, 7) is 5.37. The molecule has 39 heavy (non-hydrogen) atoms. The molecule has 0 saturated carbocycles. The summed E-state index contributed by atoms with van der Waals surface area (Å²) in [6.07, 6.45) is 2.55. The highest BCUT2D eigenvalue weighted by molar-refractivity contribution is 6.05. The van der Waals surface area contributed by atoms with E-state index in [2.05, 4.69) is 10.3 Å². The molecule has 200 valence electrons. The first-order valence-corrected chi connectivity index (χ1v) is 13.0. The van der Waals surface area contributed by atoms with Crippen molar-refractivity contribution in [1.82, 2.24) is 9.88 Å². The van der Waals surface area contributed by atoms with Gasteiger partial charge >= 0.3 is 0 Å². The Labute approximate surface area is 227 Å². The third kappa shape index (κ3) is 5.33. The number of aryl methyl sites for hydroxylation is 2. The summed E-state index contributed by atoms with van der Waals surface area (Å²) in [5, 5.41) is 12.0. The lowest BCUT2D eigenvalue weighted by Gasteiger charge is -2.37. The van der Waals surface area contributed by atoms with E-state index >= 15 is 4.39 Å². The number of likely N-dealkylation sites (tertiary alicyclic amines) is 1. The Morgan fingerprint density at radius 1 is 1.13 bits per heavy atom. The lowest BCUT2D eigenvalue weighted by atomic mass is 9.85. The lowest BCUT2D eigenvalue weighted by molar-refractivity contribution is 0.0396. The summed E-state index contributed by atoms with van der Waals surface area (Å²) in [6, 6.07) is 15.7. The van der Waals surface area contributed by atoms with Crippen LogP contribution in [-0.2, 0) is 16.8 Å². The van der Waals surface area contributed by atoms with Crippen molar-refractivity contribution in [2.75, 3.05) is 36.8 Å². The number of hydrogen-bond donors (Lipinski definition) is 1. The van der Waals surface area contributed by atoms with Crippen LogP contribution in [0, 0.1) is 18.3 Å². The average Bonchev–Trinajstić information content (AvgIpc) is 2.93. The van der Waals surface area contributed by atoms with Gasteiger partial charge in [0, 0.05) is 43.4 Å². The zero-order valence-electron chi connectivity index (χ0n) is 22.0. The number of hydrogen-bond acceptors (Lipinski definition) is 6. The van der Waals surface area contributed by atoms with Crippen molar-refractivity contribution >= 4 is 23.3 Å². The Hall–Kier alpha value is -4.29. The molecule has 0 spiro atoms. The number of rotatable bonds is 6. The normalized spacial score (nSPS) is 16.3. The largest absolute Gasteiger partial charge is 0.341 e. The highest BCUT2D eigenvalue weighted by Crippen LogP contribution is 2.38. The molecule has 2 saturated heterocycles. The van der Waals surface area contributed by atoms with Gasteiger partial charge in [-0.25, -0.2) is 9.37 Å². The first-order chi connectivity index (χ1) is 18.8. The zero-order chi connectivity index (χ0) is 27.6. The summed E-state index contributed by atoms with van der Waals surface area (Å²) in [5.74, 6) is 0.247. The SMILES string of the molecule is CCc1cc(C)c(C(=O)N2CCC(F)(c3ccc(C#N)cc3)CC2)cc1NC(=O)c1ccc(N2COC2)nc1. The summed E-state index contributed by atoms with van der Waals surface area (Å²) >= 11 is 0. The van der Waals surface area contributed by atoms with E-state index in [1.807, 2.05) is 30.9 Å². The lowest BCUT2D eigenvalue weighted by Crippen LogP contribution is -2.43. The van der Waals surface area contributed by atoms with E-state index < -0.39 is 5.67 Å². The third-order valence-corrected chi connectivity index (χ3v) is 7.51. The number of benzene rings is 2. The van der Waals surface area contributed by atoms with Gasteiger partial charge in [-0.3, -0.25) is 9.59 Å². The molecule has 1 N–H and O–H groups in total. The first kappa shape index (κ1) is 26.3. The number of anilines is 2. The van der Waals surface area contributed by atoms with Gasteiger partial charge in [0.05, 0.1) is 17.2 Å². The third-order valence-electron chi connectivity index (χ3n) is 7.51. The maximum absolute atomic E-state index is 15.7. The molecule has 0 atom stereocenters. The summed E-state index contributed by atoms with van der Waals surface area (Å²) in [7, 11) is 0. The Balaban J connectivity index is 1.30. The van der Waals surface area contributed by atoms with Crippen LogP contribution in [0.3, 0.4) is 0 Å². The predicted molar refractivity (Wildman–Crippen MR) is 145 cm³/mol. The van der Waals surface area contributed by atoms with Crippen LogP contribution in [0.2, 0.25) is 0 Å². The number of nitrogens with zero attached hydrogens (tertiary/aromatic N) is 4. The zero-order valence-corrected chi connectivity index (χ0v) is 22.0. The molecule has 2 aliphatic heterocycles. The van der Waals surface area contributed by atoms with E-state index in [1.54, 1.807) is 47.4 Å². The Bertz CT molecular complexity index is 1420. The van der Waals surface area contributed by atoms with Gasteiger partial charge in [0.15, 0.2) is 0 Å². The minimum absolute atomic E-state index is 0.173. The number of aromatic nitrogens is 1. The molecule has 0 radical (unpaired) electrons. The number of halogens is 1. The van der Waals surface area contributed by atoms with Gasteiger partial charge in [0.25, 0.3) is 11.8 Å². The Morgan fingerprint density at radius 2 is 1.85 bits per heavy atom. The molecule has 1 aromatic heterocycles. The van der Waals surface area contributed by atoms with Gasteiger partial charge in [-0.15, -0.1) is 0 Å². The van der Waals surface area contributed by atoms with E-state index in [4.69, 9.17) is 10.00 Å². The van der Waals surface area contributed by atoms with Gasteiger partial charge in [0.2, 0.25) is 0 Å². The van der Waals surface area contributed by atoms with Crippen molar-refractivity contribution in [3.8, 4) is 6.07 Å². The Morgan fingerprint density at radius 3 is 2.41 bits per heavy atom. The van der Waals surface area contributed by atoms with Crippen LogP contribution < -0.4 is 10.2 Å². The van der Waals surface area contributed by atoms with Gasteiger partial charge in [0.1, 0.15) is 24.9 Å². The van der Waals surface area contributed by atoms with Crippen LogP contribution in [0.1, 0.15) is 62.7 Å². The van der Waals surface area contributed by atoms with Crippen molar-refractivity contribution < 1.29 is 18.7 Å². The predicted octanol–water partition coefficient (Wildman–Crippen LogP) is 4.93. The van der Waals surface area contributed by atoms with Gasteiger partial charge in [-0.05, 0) is 60.4 Å². The van der Waals surface area contributed by atoms with Crippen LogP contribution in [0.4, 0.5) is 15.9 Å². The van der Waals surface area contributed by atoms with E-state index in [1.165, 1.54) is 6.20 Å². The van der Waals surface area contributed by atoms with Gasteiger partial charge in [-0.2, -0.15) is 5.26 Å². The molecule has 9 heteroatoms. The summed E-state index contributed by atoms with van der Waals surface area (Å²) in [5.41, 5.74) is 2.67. The quantitative estimate of drug-likeness (QED) is 0.488. The molecule has 2 fully saturated rings. The number of pyridine rings is 1. The van der Waals surface area contributed by atoms with Crippen LogP contribution in [0.25, 0.3) is 0 Å². The van der Waals surface area contributed by atoms with Gasteiger partial charge < -0.3 is 19.9 Å². The minimum Gasteiger partial charge on any atom is -0.341 e. The number of nitriles is 1. The molecule has 0 aliphatic carbocycles. The van der Waals surface area contributed by atoms with Crippen molar-refractivity contribution in [3.63, 3.8) is 0 Å². The molecular weight excluding hydrogens is 497 g/mol.